The maximum absolute atomic E-state index is 2.44. The summed E-state index contributed by atoms with van der Waals surface area (Å²) >= 11 is 0. The Morgan fingerprint density at radius 1 is 0.345 bits per heavy atom. The fourth-order valence-electron chi connectivity index (χ4n) is 7.35. The number of hydrogen-bond donors (Lipinski definition) is 0. The number of hydrogen-bond acceptors (Lipinski definition) is 2. The van der Waals surface area contributed by atoms with Gasteiger partial charge in [0.1, 0.15) is 0 Å². The molecular formula is C53H42N2. The van der Waals surface area contributed by atoms with Crippen molar-refractivity contribution in [3.63, 3.8) is 0 Å². The second kappa shape index (κ2) is 15.6. The van der Waals surface area contributed by atoms with Gasteiger partial charge in [-0.2, -0.15) is 0 Å². The molecule has 2 aliphatic carbocycles. The molecule has 9 rings (SSSR count). The minimum Gasteiger partial charge on any atom is -0.311 e. The standard InChI is InChI=1S/C53H42N2/c1-4-10-48(11-5-1)54(49-12-6-2-7-13-49)51-33-24-42(25-34-51)18-16-40-20-28-44(29-21-40)45-30-22-41(23-31-45)17-19-43-26-35-52(36-27-43)55(50-14-8-3-9-15-50)53-37-32-46-38-47(46)39-53/h1-37,39,46-47H,38H2/b18-16+,19-17+. The van der Waals surface area contributed by atoms with E-state index < -0.39 is 0 Å². The van der Waals surface area contributed by atoms with Crippen LogP contribution in [0.3, 0.4) is 0 Å². The average molecular weight is 707 g/mol. The lowest BCUT2D eigenvalue weighted by molar-refractivity contribution is 0.950. The Balaban J connectivity index is 0.836. The van der Waals surface area contributed by atoms with E-state index in [1.54, 1.807) is 0 Å². The van der Waals surface area contributed by atoms with E-state index in [9.17, 15) is 0 Å². The van der Waals surface area contributed by atoms with E-state index >= 15 is 0 Å². The predicted octanol–water partition coefficient (Wildman–Crippen LogP) is 14.4. The molecular weight excluding hydrogens is 665 g/mol. The van der Waals surface area contributed by atoms with E-state index in [4.69, 9.17) is 0 Å². The third-order valence-electron chi connectivity index (χ3n) is 10.5. The largest absolute Gasteiger partial charge is 0.311 e. The van der Waals surface area contributed by atoms with Gasteiger partial charge in [0.05, 0.1) is 0 Å². The van der Waals surface area contributed by atoms with Crippen LogP contribution in [0.15, 0.2) is 212 Å². The highest BCUT2D eigenvalue weighted by atomic mass is 15.1. The van der Waals surface area contributed by atoms with E-state index in [0.29, 0.717) is 5.92 Å². The highest BCUT2D eigenvalue weighted by molar-refractivity contribution is 5.79. The number of rotatable bonds is 11. The molecule has 0 aliphatic heterocycles. The molecule has 55 heavy (non-hydrogen) atoms. The van der Waals surface area contributed by atoms with Crippen LogP contribution in [-0.2, 0) is 0 Å². The van der Waals surface area contributed by atoms with Crippen molar-refractivity contribution < 1.29 is 0 Å². The Morgan fingerprint density at radius 2 is 0.691 bits per heavy atom. The van der Waals surface area contributed by atoms with Crippen molar-refractivity contribution in [2.75, 3.05) is 9.80 Å². The van der Waals surface area contributed by atoms with Crippen LogP contribution in [0.1, 0.15) is 28.7 Å². The SMILES string of the molecule is C1=CC2CC2C=C1N(c1ccccc1)c1ccc(/C=C/c2ccc(-c3ccc(/C=C/c4ccc(N(c5ccccc5)c5ccccc5)cc4)cc3)cc2)cc1. The summed E-state index contributed by atoms with van der Waals surface area (Å²) in [6.07, 6.45) is 17.1. The zero-order valence-electron chi connectivity index (χ0n) is 30.7. The van der Waals surface area contributed by atoms with E-state index in [1.807, 2.05) is 0 Å². The Hall–Kier alpha value is -6.90. The van der Waals surface area contributed by atoms with Crippen molar-refractivity contribution >= 4 is 52.7 Å². The van der Waals surface area contributed by atoms with Crippen LogP contribution in [0.25, 0.3) is 35.4 Å². The fourth-order valence-corrected chi connectivity index (χ4v) is 7.35. The number of fused-ring (bicyclic) bond motifs is 1. The van der Waals surface area contributed by atoms with E-state index in [1.165, 1.54) is 51.3 Å². The molecule has 0 aromatic heterocycles. The summed E-state index contributed by atoms with van der Waals surface area (Å²) in [5.41, 5.74) is 14.1. The van der Waals surface area contributed by atoms with Gasteiger partial charge < -0.3 is 9.80 Å². The molecule has 264 valence electrons. The van der Waals surface area contributed by atoms with Crippen LogP contribution < -0.4 is 9.80 Å². The lowest BCUT2D eigenvalue weighted by Crippen LogP contribution is -2.16. The molecule has 0 radical (unpaired) electrons. The number of benzene rings is 7. The minimum atomic E-state index is 0.690. The van der Waals surface area contributed by atoms with Crippen molar-refractivity contribution in [1.82, 2.24) is 0 Å². The summed E-state index contributed by atoms with van der Waals surface area (Å²) in [4.78, 5) is 4.65. The van der Waals surface area contributed by atoms with Gasteiger partial charge in [0.15, 0.2) is 0 Å². The average Bonchev–Trinajstić information content (AvgIpc) is 4.04. The molecule has 0 saturated heterocycles. The maximum Gasteiger partial charge on any atom is 0.0462 e. The number of nitrogens with zero attached hydrogens (tertiary/aromatic N) is 2. The highest BCUT2D eigenvalue weighted by Gasteiger charge is 2.36. The first-order valence-electron chi connectivity index (χ1n) is 19.2. The second-order valence-electron chi connectivity index (χ2n) is 14.3. The van der Waals surface area contributed by atoms with Gasteiger partial charge in [-0.1, -0.05) is 164 Å². The van der Waals surface area contributed by atoms with E-state index in [2.05, 4.69) is 240 Å². The Labute approximate surface area is 325 Å². The van der Waals surface area contributed by atoms with E-state index in [0.717, 1.165) is 28.5 Å². The summed E-state index contributed by atoms with van der Waals surface area (Å²) in [6, 6.07) is 66.9. The molecule has 7 aromatic carbocycles. The van der Waals surface area contributed by atoms with Gasteiger partial charge in [0, 0.05) is 34.1 Å². The molecule has 1 fully saturated rings. The molecule has 2 aliphatic rings. The molecule has 0 N–H and O–H groups in total. The molecule has 2 heteroatoms. The molecule has 0 amide bonds. The van der Waals surface area contributed by atoms with Crippen molar-refractivity contribution in [2.24, 2.45) is 11.8 Å². The fraction of sp³-hybridized carbons (Fsp3) is 0.0566. The first kappa shape index (κ1) is 33.9. The molecule has 0 spiro atoms. The maximum atomic E-state index is 2.44. The third kappa shape index (κ3) is 7.90. The monoisotopic (exact) mass is 706 g/mol. The van der Waals surface area contributed by atoms with E-state index in [-0.39, 0.29) is 0 Å². The van der Waals surface area contributed by atoms with Crippen molar-refractivity contribution in [1.29, 1.82) is 0 Å². The molecule has 0 bridgehead atoms. The lowest BCUT2D eigenvalue weighted by atomic mass is 10.0. The number of anilines is 5. The van der Waals surface area contributed by atoms with Crippen LogP contribution in [0.2, 0.25) is 0 Å². The lowest BCUT2D eigenvalue weighted by Gasteiger charge is -2.27. The van der Waals surface area contributed by atoms with Gasteiger partial charge in [-0.05, 0) is 118 Å². The zero-order valence-corrected chi connectivity index (χ0v) is 30.7. The Morgan fingerprint density at radius 3 is 1.09 bits per heavy atom. The van der Waals surface area contributed by atoms with Gasteiger partial charge >= 0.3 is 0 Å². The smallest absolute Gasteiger partial charge is 0.0462 e. The van der Waals surface area contributed by atoms with Crippen LogP contribution in [0.5, 0.6) is 0 Å². The zero-order chi connectivity index (χ0) is 36.8. The molecule has 2 atom stereocenters. The molecule has 2 nitrogen and oxygen atoms in total. The molecule has 2 unspecified atom stereocenters. The molecule has 1 saturated carbocycles. The Kier molecular flexibility index (Phi) is 9.62. The van der Waals surface area contributed by atoms with Gasteiger partial charge in [0.2, 0.25) is 0 Å². The summed E-state index contributed by atoms with van der Waals surface area (Å²) in [7, 11) is 0. The summed E-state index contributed by atoms with van der Waals surface area (Å²) in [6.45, 7) is 0. The van der Waals surface area contributed by atoms with Gasteiger partial charge in [0.25, 0.3) is 0 Å². The van der Waals surface area contributed by atoms with Gasteiger partial charge in [-0.15, -0.1) is 0 Å². The second-order valence-corrected chi connectivity index (χ2v) is 14.3. The minimum absolute atomic E-state index is 0.690. The van der Waals surface area contributed by atoms with Crippen LogP contribution in [-0.4, -0.2) is 0 Å². The summed E-state index contributed by atoms with van der Waals surface area (Å²) in [5, 5.41) is 0. The topological polar surface area (TPSA) is 6.48 Å². The molecule has 7 aromatic rings. The van der Waals surface area contributed by atoms with Crippen molar-refractivity contribution in [2.45, 2.75) is 6.42 Å². The van der Waals surface area contributed by atoms with Gasteiger partial charge in [-0.3, -0.25) is 0 Å². The number of allylic oxidation sites excluding steroid dienone is 3. The Bertz CT molecular complexity index is 2420. The van der Waals surface area contributed by atoms with Crippen LogP contribution in [0.4, 0.5) is 28.4 Å². The predicted molar refractivity (Wildman–Crippen MR) is 235 cm³/mol. The van der Waals surface area contributed by atoms with Crippen molar-refractivity contribution in [3.8, 4) is 11.1 Å². The molecule has 0 heterocycles. The summed E-state index contributed by atoms with van der Waals surface area (Å²) < 4.78 is 0. The van der Waals surface area contributed by atoms with Gasteiger partial charge in [-0.25, -0.2) is 0 Å². The summed E-state index contributed by atoms with van der Waals surface area (Å²) in [5.74, 6) is 1.43. The highest BCUT2D eigenvalue weighted by Crippen LogP contribution is 2.46. The quantitative estimate of drug-likeness (QED) is 0.124. The first-order valence-corrected chi connectivity index (χ1v) is 19.2. The number of para-hydroxylation sites is 3. The first-order chi connectivity index (χ1) is 27.2. The van der Waals surface area contributed by atoms with Crippen LogP contribution in [0, 0.1) is 11.8 Å². The van der Waals surface area contributed by atoms with Crippen LogP contribution >= 0.6 is 0 Å². The third-order valence-corrected chi connectivity index (χ3v) is 10.5. The normalized spacial score (nSPS) is 15.8. The van der Waals surface area contributed by atoms with Crippen molar-refractivity contribution in [3.05, 3.63) is 234 Å².